The molecule has 0 aromatic heterocycles. The summed E-state index contributed by atoms with van der Waals surface area (Å²) >= 11 is 1.44. The number of fused-ring (bicyclic) bond motifs is 2. The Bertz CT molecular complexity index is 750. The Kier molecular flexibility index (Phi) is 4.29. The molecule has 2 aliphatic rings. The molecule has 0 saturated heterocycles. The van der Waals surface area contributed by atoms with Crippen molar-refractivity contribution in [3.63, 3.8) is 0 Å². The molecule has 0 amide bonds. The molecule has 0 saturated carbocycles. The standard InChI is InChI=1S/C21H24FNS/c1-13(2)14-9-10-19(22)20(12-14)24-23-21-17-7-3-5-15(17)11-16-6-4-8-18(16)21/h9-13,23H,3-8H2,1-2H3. The molecule has 2 aromatic carbocycles. The van der Waals surface area contributed by atoms with Gasteiger partial charge in [0.2, 0.25) is 0 Å². The minimum atomic E-state index is -0.138. The van der Waals surface area contributed by atoms with Crippen LogP contribution in [0.25, 0.3) is 0 Å². The second-order valence-corrected chi connectivity index (χ2v) is 8.13. The van der Waals surface area contributed by atoms with Crippen LogP contribution < -0.4 is 4.72 Å². The summed E-state index contributed by atoms with van der Waals surface area (Å²) in [5.41, 5.74) is 8.44. The minimum absolute atomic E-state index is 0.138. The zero-order valence-corrected chi connectivity index (χ0v) is 15.2. The molecule has 4 rings (SSSR count). The lowest BCUT2D eigenvalue weighted by Gasteiger charge is -2.17. The molecule has 0 radical (unpaired) electrons. The van der Waals surface area contributed by atoms with Crippen LogP contribution in [0.2, 0.25) is 0 Å². The smallest absolute Gasteiger partial charge is 0.138 e. The maximum Gasteiger partial charge on any atom is 0.138 e. The first-order valence-corrected chi connectivity index (χ1v) is 9.84. The van der Waals surface area contributed by atoms with Crippen molar-refractivity contribution in [1.29, 1.82) is 0 Å². The number of hydrogen-bond acceptors (Lipinski definition) is 2. The van der Waals surface area contributed by atoms with E-state index in [1.54, 1.807) is 6.07 Å². The molecule has 0 heterocycles. The van der Waals surface area contributed by atoms with Crippen molar-refractivity contribution in [2.45, 2.75) is 63.2 Å². The first-order chi connectivity index (χ1) is 11.6. The van der Waals surface area contributed by atoms with E-state index in [-0.39, 0.29) is 5.82 Å². The number of halogens is 1. The Labute approximate surface area is 148 Å². The summed E-state index contributed by atoms with van der Waals surface area (Å²) in [6, 6.07) is 7.91. The fourth-order valence-corrected chi connectivity index (χ4v) is 4.82. The quantitative estimate of drug-likeness (QED) is 0.680. The van der Waals surface area contributed by atoms with Gasteiger partial charge < -0.3 is 4.72 Å². The molecule has 1 N–H and O–H groups in total. The lowest BCUT2D eigenvalue weighted by molar-refractivity contribution is 0.600. The van der Waals surface area contributed by atoms with Crippen LogP contribution in [0.4, 0.5) is 10.1 Å². The van der Waals surface area contributed by atoms with Gasteiger partial charge >= 0.3 is 0 Å². The molecular weight excluding hydrogens is 317 g/mol. The van der Waals surface area contributed by atoms with Crippen molar-refractivity contribution in [3.8, 4) is 0 Å². The third-order valence-corrected chi connectivity index (χ3v) is 6.20. The number of aryl methyl sites for hydroxylation is 2. The molecule has 3 heteroatoms. The average molecular weight is 341 g/mol. The molecule has 24 heavy (non-hydrogen) atoms. The zero-order chi connectivity index (χ0) is 16.7. The van der Waals surface area contributed by atoms with Gasteiger partial charge in [-0.2, -0.15) is 0 Å². The van der Waals surface area contributed by atoms with Crippen molar-refractivity contribution in [2.24, 2.45) is 0 Å². The summed E-state index contributed by atoms with van der Waals surface area (Å²) in [6.45, 7) is 4.29. The topological polar surface area (TPSA) is 12.0 Å². The van der Waals surface area contributed by atoms with Gasteiger partial charge in [0.25, 0.3) is 0 Å². The average Bonchev–Trinajstić information content (AvgIpc) is 3.21. The van der Waals surface area contributed by atoms with E-state index < -0.39 is 0 Å². The first-order valence-electron chi connectivity index (χ1n) is 9.02. The Morgan fingerprint density at radius 1 is 0.958 bits per heavy atom. The fraction of sp³-hybridized carbons (Fsp3) is 0.429. The maximum absolute atomic E-state index is 14.2. The lowest BCUT2D eigenvalue weighted by atomic mass is 9.99. The van der Waals surface area contributed by atoms with E-state index in [4.69, 9.17) is 0 Å². The molecular formula is C21H24FNS. The highest BCUT2D eigenvalue weighted by Gasteiger charge is 2.24. The van der Waals surface area contributed by atoms with Gasteiger partial charge in [-0.15, -0.1) is 0 Å². The molecule has 1 nitrogen and oxygen atoms in total. The monoisotopic (exact) mass is 341 g/mol. The Hall–Kier alpha value is -1.48. The minimum Gasteiger partial charge on any atom is -0.325 e. The highest BCUT2D eigenvalue weighted by atomic mass is 32.2. The van der Waals surface area contributed by atoms with E-state index in [9.17, 15) is 4.39 Å². The summed E-state index contributed by atoms with van der Waals surface area (Å²) < 4.78 is 17.8. The van der Waals surface area contributed by atoms with Crippen molar-refractivity contribution in [3.05, 3.63) is 57.9 Å². The van der Waals surface area contributed by atoms with Crippen LogP contribution in [-0.2, 0) is 25.7 Å². The number of rotatable bonds is 4. The molecule has 2 aromatic rings. The third kappa shape index (κ3) is 2.83. The lowest BCUT2D eigenvalue weighted by Crippen LogP contribution is -2.01. The second kappa shape index (κ2) is 6.44. The van der Waals surface area contributed by atoms with E-state index in [2.05, 4.69) is 24.6 Å². The van der Waals surface area contributed by atoms with Gasteiger partial charge in [-0.25, -0.2) is 4.39 Å². The van der Waals surface area contributed by atoms with Crippen LogP contribution in [0.3, 0.4) is 0 Å². The molecule has 0 unspecified atom stereocenters. The Morgan fingerprint density at radius 3 is 2.25 bits per heavy atom. The maximum atomic E-state index is 14.2. The van der Waals surface area contributed by atoms with Crippen molar-refractivity contribution < 1.29 is 4.39 Å². The van der Waals surface area contributed by atoms with E-state index in [0.717, 1.165) is 12.8 Å². The number of anilines is 1. The van der Waals surface area contributed by atoms with Crippen LogP contribution in [0.15, 0.2) is 29.2 Å². The first kappa shape index (κ1) is 16.0. The number of hydrogen-bond donors (Lipinski definition) is 1. The predicted molar refractivity (Wildman–Crippen MR) is 100 cm³/mol. The molecule has 0 spiro atoms. The molecule has 0 aliphatic heterocycles. The third-order valence-electron chi connectivity index (χ3n) is 5.36. The van der Waals surface area contributed by atoms with Gasteiger partial charge in [0, 0.05) is 0 Å². The second-order valence-electron chi connectivity index (χ2n) is 7.28. The Morgan fingerprint density at radius 2 is 1.62 bits per heavy atom. The van der Waals surface area contributed by atoms with E-state index in [1.165, 1.54) is 71.1 Å². The van der Waals surface area contributed by atoms with Gasteiger partial charge in [-0.1, -0.05) is 26.0 Å². The summed E-state index contributed by atoms with van der Waals surface area (Å²) in [6.07, 6.45) is 7.18. The molecule has 0 fully saturated rings. The predicted octanol–water partition coefficient (Wildman–Crippen LogP) is 6.05. The summed E-state index contributed by atoms with van der Waals surface area (Å²) in [5, 5.41) is 0. The van der Waals surface area contributed by atoms with Crippen LogP contribution in [-0.4, -0.2) is 0 Å². The van der Waals surface area contributed by atoms with Crippen molar-refractivity contribution in [1.82, 2.24) is 0 Å². The van der Waals surface area contributed by atoms with Crippen LogP contribution in [0.1, 0.15) is 60.4 Å². The van der Waals surface area contributed by atoms with Crippen molar-refractivity contribution >= 4 is 17.6 Å². The van der Waals surface area contributed by atoms with Gasteiger partial charge in [0.05, 0.1) is 10.6 Å². The SMILES string of the molecule is CC(C)c1ccc(F)c(SNc2c3c(cc4c2CCC4)CCC3)c1. The fourth-order valence-electron chi connectivity index (χ4n) is 4.00. The molecule has 126 valence electrons. The summed E-state index contributed by atoms with van der Waals surface area (Å²) in [7, 11) is 0. The van der Waals surface area contributed by atoms with E-state index >= 15 is 0 Å². The van der Waals surface area contributed by atoms with Gasteiger partial charge in [-0.3, -0.25) is 0 Å². The van der Waals surface area contributed by atoms with Crippen LogP contribution in [0.5, 0.6) is 0 Å². The van der Waals surface area contributed by atoms with E-state index in [1.807, 2.05) is 12.1 Å². The largest absolute Gasteiger partial charge is 0.325 e. The highest BCUT2D eigenvalue weighted by Crippen LogP contribution is 2.40. The van der Waals surface area contributed by atoms with Crippen LogP contribution in [0, 0.1) is 5.82 Å². The Balaban J connectivity index is 1.65. The van der Waals surface area contributed by atoms with Gasteiger partial charge in [0.1, 0.15) is 5.82 Å². The summed E-state index contributed by atoms with van der Waals surface area (Å²) in [4.78, 5) is 0.698. The molecule has 2 aliphatic carbocycles. The normalized spacial score (nSPS) is 15.7. The number of nitrogens with one attached hydrogen (secondary N) is 1. The van der Waals surface area contributed by atoms with Crippen molar-refractivity contribution in [2.75, 3.05) is 4.72 Å². The van der Waals surface area contributed by atoms with E-state index in [0.29, 0.717) is 10.8 Å². The van der Waals surface area contributed by atoms with Crippen LogP contribution >= 0.6 is 11.9 Å². The molecule has 0 bridgehead atoms. The number of benzene rings is 2. The zero-order valence-electron chi connectivity index (χ0n) is 14.4. The summed E-state index contributed by atoms with van der Waals surface area (Å²) in [5.74, 6) is 0.274. The van der Waals surface area contributed by atoms with Gasteiger partial charge in [-0.05, 0) is 96.3 Å². The highest BCUT2D eigenvalue weighted by molar-refractivity contribution is 8.00. The van der Waals surface area contributed by atoms with Gasteiger partial charge in [0.15, 0.2) is 0 Å². The molecule has 0 atom stereocenters.